The highest BCUT2D eigenvalue weighted by molar-refractivity contribution is 6.39. The van der Waals surface area contributed by atoms with Gasteiger partial charge in [0.25, 0.3) is 11.8 Å². The van der Waals surface area contributed by atoms with Crippen molar-refractivity contribution in [3.63, 3.8) is 0 Å². The average Bonchev–Trinajstić information content (AvgIpc) is 3.07. The molecule has 2 heterocycles. The van der Waals surface area contributed by atoms with Crippen LogP contribution < -0.4 is 10.2 Å². The van der Waals surface area contributed by atoms with E-state index in [0.717, 1.165) is 21.4 Å². The van der Waals surface area contributed by atoms with E-state index >= 15 is 0 Å². The summed E-state index contributed by atoms with van der Waals surface area (Å²) in [6.07, 6.45) is 3.00. The second kappa shape index (κ2) is 7.11. The number of urea groups is 1. The van der Waals surface area contributed by atoms with Gasteiger partial charge in [0.15, 0.2) is 0 Å². The molecule has 4 rings (SSSR count). The number of rotatable bonds is 2. The number of para-hydroxylation sites is 1. The maximum atomic E-state index is 13.1. The van der Waals surface area contributed by atoms with Crippen molar-refractivity contribution in [3.8, 4) is 0 Å². The normalized spacial score (nSPS) is 15.8. The predicted octanol–water partition coefficient (Wildman–Crippen LogP) is 3.58. The quantitative estimate of drug-likeness (QED) is 0.525. The van der Waals surface area contributed by atoms with Gasteiger partial charge in [-0.25, -0.2) is 9.69 Å². The minimum Gasteiger partial charge on any atom is -0.287 e. The number of nitrogens with zero attached hydrogens (tertiary/aromatic N) is 2. The van der Waals surface area contributed by atoms with Crippen molar-refractivity contribution < 1.29 is 19.2 Å². The van der Waals surface area contributed by atoms with Crippen LogP contribution in [0.3, 0.4) is 0 Å². The molecule has 0 atom stereocenters. The highest BCUT2D eigenvalue weighted by Gasteiger charge is 2.37. The molecule has 0 spiro atoms. The average molecular weight is 401 g/mol. The van der Waals surface area contributed by atoms with Crippen molar-refractivity contribution in [1.82, 2.24) is 9.88 Å². The Balaban J connectivity index is 1.83. The van der Waals surface area contributed by atoms with Crippen molar-refractivity contribution in [2.24, 2.45) is 0 Å². The molecule has 7 nitrogen and oxygen atoms in total. The lowest BCUT2D eigenvalue weighted by Gasteiger charge is -2.26. The number of barbiturate groups is 1. The molecule has 1 N–H and O–H groups in total. The smallest absolute Gasteiger partial charge is 0.287 e. The van der Waals surface area contributed by atoms with Crippen LogP contribution in [-0.4, -0.2) is 28.3 Å². The van der Waals surface area contributed by atoms with Crippen LogP contribution in [-0.2, 0) is 9.59 Å². The second-order valence-electron chi connectivity index (χ2n) is 7.22. The third-order valence-corrected chi connectivity index (χ3v) is 5.23. The number of anilines is 1. The topological polar surface area (TPSA) is 88.5 Å². The summed E-state index contributed by atoms with van der Waals surface area (Å²) in [5, 5.41) is 2.94. The van der Waals surface area contributed by atoms with Gasteiger partial charge in [-0.15, -0.1) is 0 Å². The molecule has 1 saturated heterocycles. The van der Waals surface area contributed by atoms with E-state index in [1.165, 1.54) is 17.6 Å². The lowest BCUT2D eigenvalue weighted by molar-refractivity contribution is -0.122. The molecule has 0 radical (unpaired) electrons. The summed E-state index contributed by atoms with van der Waals surface area (Å²) in [7, 11) is 0. The van der Waals surface area contributed by atoms with Gasteiger partial charge < -0.3 is 0 Å². The Hall–Kier alpha value is -4.00. The van der Waals surface area contributed by atoms with Crippen molar-refractivity contribution >= 4 is 46.4 Å². The van der Waals surface area contributed by atoms with Gasteiger partial charge in [0.1, 0.15) is 5.57 Å². The summed E-state index contributed by atoms with van der Waals surface area (Å²) in [5.74, 6) is -1.68. The van der Waals surface area contributed by atoms with Crippen LogP contribution in [0.2, 0.25) is 0 Å². The molecular formula is C23H19N3O4. The second-order valence-corrected chi connectivity index (χ2v) is 7.22. The molecule has 1 aromatic heterocycles. The Kier molecular flexibility index (Phi) is 4.58. The maximum Gasteiger partial charge on any atom is 0.335 e. The third kappa shape index (κ3) is 3.10. The van der Waals surface area contributed by atoms with E-state index in [9.17, 15) is 19.2 Å². The van der Waals surface area contributed by atoms with Crippen LogP contribution in [0.4, 0.5) is 10.5 Å². The molecule has 30 heavy (non-hydrogen) atoms. The van der Waals surface area contributed by atoms with Crippen LogP contribution in [0, 0.1) is 13.8 Å². The highest BCUT2D eigenvalue weighted by Crippen LogP contribution is 2.27. The fraction of sp³-hybridized carbons (Fsp3) is 0.130. The molecular weight excluding hydrogens is 382 g/mol. The zero-order valence-corrected chi connectivity index (χ0v) is 16.7. The van der Waals surface area contributed by atoms with Crippen molar-refractivity contribution in [1.29, 1.82) is 0 Å². The summed E-state index contributed by atoms with van der Waals surface area (Å²) in [6, 6.07) is 11.6. The molecule has 1 aliphatic rings. The van der Waals surface area contributed by atoms with Gasteiger partial charge in [-0.3, -0.25) is 24.3 Å². The predicted molar refractivity (Wildman–Crippen MR) is 113 cm³/mol. The van der Waals surface area contributed by atoms with E-state index in [-0.39, 0.29) is 11.5 Å². The SMILES string of the molecule is CC(=O)n1cc(/C=C2/C(=O)NC(=O)N(c3ccc(C)c(C)c3)C2=O)c2ccccc21. The Bertz CT molecular complexity index is 1280. The molecule has 150 valence electrons. The van der Waals surface area contributed by atoms with E-state index < -0.39 is 17.8 Å². The molecule has 1 fully saturated rings. The molecule has 2 aromatic carbocycles. The lowest BCUT2D eigenvalue weighted by atomic mass is 10.0. The molecule has 0 unspecified atom stereocenters. The molecule has 0 saturated carbocycles. The van der Waals surface area contributed by atoms with Gasteiger partial charge in [0, 0.05) is 24.1 Å². The van der Waals surface area contributed by atoms with Crippen LogP contribution >= 0.6 is 0 Å². The van der Waals surface area contributed by atoms with Gasteiger partial charge in [-0.05, 0) is 49.2 Å². The van der Waals surface area contributed by atoms with Crippen molar-refractivity contribution in [2.45, 2.75) is 20.8 Å². The minimum atomic E-state index is -0.795. The maximum absolute atomic E-state index is 13.1. The van der Waals surface area contributed by atoms with Gasteiger partial charge in [-0.2, -0.15) is 0 Å². The summed E-state index contributed by atoms with van der Waals surface area (Å²) >= 11 is 0. The third-order valence-electron chi connectivity index (χ3n) is 5.23. The first-order valence-electron chi connectivity index (χ1n) is 9.37. The van der Waals surface area contributed by atoms with Crippen molar-refractivity contribution in [2.75, 3.05) is 4.90 Å². The van der Waals surface area contributed by atoms with Crippen LogP contribution in [0.1, 0.15) is 28.4 Å². The molecule has 3 aromatic rings. The standard InChI is InChI=1S/C23H19N3O4/c1-13-8-9-17(10-14(13)2)26-22(29)19(21(28)24-23(26)30)11-16-12-25(15(3)27)20-7-5-4-6-18(16)20/h4-12H,1-3H3,(H,24,28,30)/b19-11-. The number of carbonyl (C=O) groups excluding carboxylic acids is 4. The van der Waals surface area contributed by atoms with E-state index in [1.54, 1.807) is 36.5 Å². The molecule has 1 aliphatic heterocycles. The minimum absolute atomic E-state index is 0.181. The van der Waals surface area contributed by atoms with Crippen LogP contribution in [0.25, 0.3) is 17.0 Å². The van der Waals surface area contributed by atoms with Gasteiger partial charge in [0.2, 0.25) is 5.91 Å². The number of aromatic nitrogens is 1. The number of hydrogen-bond acceptors (Lipinski definition) is 4. The monoisotopic (exact) mass is 401 g/mol. The molecule has 0 aliphatic carbocycles. The van der Waals surface area contributed by atoms with E-state index in [0.29, 0.717) is 16.8 Å². The van der Waals surface area contributed by atoms with Crippen LogP contribution in [0.5, 0.6) is 0 Å². The van der Waals surface area contributed by atoms with E-state index in [2.05, 4.69) is 5.32 Å². The zero-order chi connectivity index (χ0) is 21.6. The summed E-state index contributed by atoms with van der Waals surface area (Å²) in [5.41, 5.74) is 3.34. The fourth-order valence-corrected chi connectivity index (χ4v) is 3.49. The highest BCUT2D eigenvalue weighted by atomic mass is 16.2. The van der Waals surface area contributed by atoms with E-state index in [1.807, 2.05) is 26.0 Å². The number of carbonyl (C=O) groups is 4. The number of nitrogens with one attached hydrogen (secondary N) is 1. The summed E-state index contributed by atoms with van der Waals surface area (Å²) < 4.78 is 1.46. The summed E-state index contributed by atoms with van der Waals surface area (Å²) in [6.45, 7) is 5.24. The number of hydrogen-bond donors (Lipinski definition) is 1. The Labute approximate surface area is 172 Å². The Morgan fingerprint density at radius 1 is 1.00 bits per heavy atom. The number of amides is 4. The van der Waals surface area contributed by atoms with E-state index in [4.69, 9.17) is 0 Å². The van der Waals surface area contributed by atoms with Gasteiger partial charge in [-0.1, -0.05) is 24.3 Å². The number of aryl methyl sites for hydroxylation is 2. The molecule has 7 heteroatoms. The largest absolute Gasteiger partial charge is 0.335 e. The molecule has 0 bridgehead atoms. The Morgan fingerprint density at radius 3 is 2.43 bits per heavy atom. The van der Waals surface area contributed by atoms with Crippen molar-refractivity contribution in [3.05, 3.63) is 70.9 Å². The van der Waals surface area contributed by atoms with Gasteiger partial charge >= 0.3 is 6.03 Å². The Morgan fingerprint density at radius 2 is 1.73 bits per heavy atom. The van der Waals surface area contributed by atoms with Crippen LogP contribution in [0.15, 0.2) is 54.2 Å². The first-order valence-corrected chi connectivity index (χ1v) is 9.37. The first kappa shape index (κ1) is 19.3. The molecule has 4 amide bonds. The van der Waals surface area contributed by atoms with Gasteiger partial charge in [0.05, 0.1) is 11.2 Å². The summed E-state index contributed by atoms with van der Waals surface area (Å²) in [4.78, 5) is 50.9. The lowest BCUT2D eigenvalue weighted by Crippen LogP contribution is -2.54. The number of benzene rings is 2. The zero-order valence-electron chi connectivity index (χ0n) is 16.7. The number of imide groups is 2. The number of fused-ring (bicyclic) bond motifs is 1. The fourth-order valence-electron chi connectivity index (χ4n) is 3.49. The first-order chi connectivity index (χ1) is 14.3.